The van der Waals surface area contributed by atoms with Crippen molar-refractivity contribution < 1.29 is 31.9 Å². The van der Waals surface area contributed by atoms with E-state index in [0.29, 0.717) is 24.3 Å². The largest absolute Gasteiger partial charge is 0.464 e. The summed E-state index contributed by atoms with van der Waals surface area (Å²) >= 11 is 0. The average Bonchev–Trinajstić information content (AvgIpc) is 3.34. The summed E-state index contributed by atoms with van der Waals surface area (Å²) in [6, 6.07) is 4.45. The fraction of sp³-hybridized carbons (Fsp3) is 0.429. The van der Waals surface area contributed by atoms with Gasteiger partial charge in [-0.3, -0.25) is 4.79 Å². The molecule has 1 N–H and O–H groups in total. The summed E-state index contributed by atoms with van der Waals surface area (Å²) in [7, 11) is -2.85. The molecule has 1 saturated heterocycles. The standard InChI is InChI=1S/C21H25FN2O6S/c1-13-19(14(2)23-20(13)21(26)29-3)18(25)12-24(11-16-5-4-10-30-16)31(27,28)17-8-6-15(22)7-9-17/h6-9,16,23H,4-5,10-12H2,1-3H3/t16-/m0/s1. The highest BCUT2D eigenvalue weighted by Gasteiger charge is 2.32. The maximum atomic E-state index is 13.3. The van der Waals surface area contributed by atoms with E-state index in [2.05, 4.69) is 4.98 Å². The lowest BCUT2D eigenvalue weighted by Crippen LogP contribution is -2.41. The van der Waals surface area contributed by atoms with Gasteiger partial charge in [0.25, 0.3) is 0 Å². The van der Waals surface area contributed by atoms with Crippen LogP contribution in [0.25, 0.3) is 0 Å². The fourth-order valence-corrected chi connectivity index (χ4v) is 5.16. The van der Waals surface area contributed by atoms with Crippen LogP contribution >= 0.6 is 0 Å². The zero-order chi connectivity index (χ0) is 22.8. The predicted octanol–water partition coefficient (Wildman–Crippen LogP) is 2.61. The molecule has 1 aromatic heterocycles. The summed E-state index contributed by atoms with van der Waals surface area (Å²) in [5.74, 6) is -1.64. The van der Waals surface area contributed by atoms with Crippen molar-refractivity contribution in [1.29, 1.82) is 0 Å². The minimum Gasteiger partial charge on any atom is -0.464 e. The number of ether oxygens (including phenoxy) is 2. The summed E-state index contributed by atoms with van der Waals surface area (Å²) in [6.45, 7) is 3.31. The van der Waals surface area contributed by atoms with Gasteiger partial charge < -0.3 is 14.5 Å². The number of ketones is 1. The van der Waals surface area contributed by atoms with E-state index in [0.717, 1.165) is 22.9 Å². The van der Waals surface area contributed by atoms with Crippen molar-refractivity contribution in [3.63, 3.8) is 0 Å². The molecule has 0 amide bonds. The van der Waals surface area contributed by atoms with Gasteiger partial charge in [0.05, 0.1) is 24.7 Å². The Kier molecular flexibility index (Phi) is 6.93. The molecule has 2 heterocycles. The molecule has 2 aromatic rings. The summed E-state index contributed by atoms with van der Waals surface area (Å²) in [5, 5.41) is 0. The number of hydrogen-bond acceptors (Lipinski definition) is 6. The van der Waals surface area contributed by atoms with Crippen LogP contribution in [0, 0.1) is 19.7 Å². The maximum Gasteiger partial charge on any atom is 0.354 e. The van der Waals surface area contributed by atoms with Crippen LogP contribution in [-0.4, -0.2) is 62.4 Å². The molecule has 1 fully saturated rings. The number of carbonyl (C=O) groups excluding carboxylic acids is 2. The molecule has 0 aliphatic carbocycles. The normalized spacial score (nSPS) is 16.6. The third kappa shape index (κ3) is 4.86. The highest BCUT2D eigenvalue weighted by molar-refractivity contribution is 7.89. The Morgan fingerprint density at radius 2 is 1.94 bits per heavy atom. The number of nitrogens with one attached hydrogen (secondary N) is 1. The van der Waals surface area contributed by atoms with Crippen LogP contribution < -0.4 is 0 Å². The first-order chi connectivity index (χ1) is 14.6. The molecule has 31 heavy (non-hydrogen) atoms. The lowest BCUT2D eigenvalue weighted by Gasteiger charge is -2.24. The second-order valence-electron chi connectivity index (χ2n) is 7.43. The van der Waals surface area contributed by atoms with E-state index in [1.165, 1.54) is 19.2 Å². The third-order valence-electron chi connectivity index (χ3n) is 5.31. The first kappa shape index (κ1) is 23.1. The quantitative estimate of drug-likeness (QED) is 0.488. The zero-order valence-corrected chi connectivity index (χ0v) is 18.4. The number of benzene rings is 1. The lowest BCUT2D eigenvalue weighted by atomic mass is 10.1. The van der Waals surface area contributed by atoms with Gasteiger partial charge in [-0.1, -0.05) is 0 Å². The summed E-state index contributed by atoms with van der Waals surface area (Å²) < 4.78 is 51.1. The van der Waals surface area contributed by atoms with E-state index in [9.17, 15) is 22.4 Å². The molecule has 3 rings (SSSR count). The number of H-pyrrole nitrogens is 1. The van der Waals surface area contributed by atoms with E-state index in [1.54, 1.807) is 13.8 Å². The van der Waals surface area contributed by atoms with Crippen molar-refractivity contribution in [3.8, 4) is 0 Å². The fourth-order valence-electron chi connectivity index (χ4n) is 3.73. The Balaban J connectivity index is 1.93. The number of Topliss-reactive ketones (excluding diaryl/α,β-unsaturated/α-hetero) is 1. The number of methoxy groups -OCH3 is 1. The van der Waals surface area contributed by atoms with Gasteiger partial charge >= 0.3 is 5.97 Å². The topological polar surface area (TPSA) is 106 Å². The van der Waals surface area contributed by atoms with Crippen LogP contribution in [0.2, 0.25) is 0 Å². The number of aromatic amines is 1. The molecule has 1 aliphatic heterocycles. The number of esters is 1. The van der Waals surface area contributed by atoms with Gasteiger partial charge in [0, 0.05) is 24.4 Å². The van der Waals surface area contributed by atoms with Crippen LogP contribution in [0.1, 0.15) is 44.9 Å². The predicted molar refractivity (Wildman–Crippen MR) is 110 cm³/mol. The van der Waals surface area contributed by atoms with E-state index in [1.807, 2.05) is 0 Å². The summed E-state index contributed by atoms with van der Waals surface area (Å²) in [6.07, 6.45) is 1.15. The molecular weight excluding hydrogens is 427 g/mol. The van der Waals surface area contributed by atoms with Crippen molar-refractivity contribution >= 4 is 21.8 Å². The Bertz CT molecular complexity index is 1070. The smallest absolute Gasteiger partial charge is 0.354 e. The number of carbonyl (C=O) groups is 2. The molecule has 0 radical (unpaired) electrons. The van der Waals surface area contributed by atoms with Gasteiger partial charge in [-0.2, -0.15) is 4.31 Å². The first-order valence-electron chi connectivity index (χ1n) is 9.83. The van der Waals surface area contributed by atoms with Crippen LogP contribution in [0.4, 0.5) is 4.39 Å². The highest BCUT2D eigenvalue weighted by Crippen LogP contribution is 2.24. The van der Waals surface area contributed by atoms with Crippen LogP contribution in [0.15, 0.2) is 29.2 Å². The number of aromatic nitrogens is 1. The monoisotopic (exact) mass is 452 g/mol. The van der Waals surface area contributed by atoms with Crippen LogP contribution in [-0.2, 0) is 19.5 Å². The van der Waals surface area contributed by atoms with Gasteiger partial charge in [-0.05, 0) is 56.5 Å². The number of aryl methyl sites for hydroxylation is 1. The molecule has 1 aliphatic rings. The summed E-state index contributed by atoms with van der Waals surface area (Å²) in [4.78, 5) is 27.8. The van der Waals surface area contributed by atoms with E-state index >= 15 is 0 Å². The van der Waals surface area contributed by atoms with E-state index in [-0.39, 0.29) is 28.8 Å². The van der Waals surface area contributed by atoms with Crippen LogP contribution in [0.3, 0.4) is 0 Å². The van der Waals surface area contributed by atoms with Crippen molar-refractivity contribution in [2.24, 2.45) is 0 Å². The Morgan fingerprint density at radius 1 is 1.26 bits per heavy atom. The Labute approximate surface area is 180 Å². The molecule has 0 saturated carbocycles. The lowest BCUT2D eigenvalue weighted by molar-refractivity contribution is 0.0593. The molecule has 1 aromatic carbocycles. The molecule has 8 nitrogen and oxygen atoms in total. The molecule has 1 atom stereocenters. The number of halogens is 1. The second kappa shape index (κ2) is 9.29. The van der Waals surface area contributed by atoms with Gasteiger partial charge in [0.15, 0.2) is 5.78 Å². The molecule has 168 valence electrons. The zero-order valence-electron chi connectivity index (χ0n) is 17.6. The molecular formula is C21H25FN2O6S. The van der Waals surface area contributed by atoms with E-state index < -0.39 is 34.1 Å². The first-order valence-corrected chi connectivity index (χ1v) is 11.3. The minimum atomic E-state index is -4.08. The molecule has 10 heteroatoms. The van der Waals surface area contributed by atoms with Crippen molar-refractivity contribution in [3.05, 3.63) is 52.6 Å². The van der Waals surface area contributed by atoms with Crippen molar-refractivity contribution in [2.75, 3.05) is 26.8 Å². The number of sulfonamides is 1. The minimum absolute atomic E-state index is 0.00216. The Hall–Kier alpha value is -2.56. The third-order valence-corrected chi connectivity index (χ3v) is 7.13. The number of hydrogen-bond donors (Lipinski definition) is 1. The molecule has 0 spiro atoms. The maximum absolute atomic E-state index is 13.3. The Morgan fingerprint density at radius 3 is 2.52 bits per heavy atom. The SMILES string of the molecule is COC(=O)c1[nH]c(C)c(C(=O)CN(C[C@@H]2CCCO2)S(=O)(=O)c2ccc(F)cc2)c1C. The summed E-state index contributed by atoms with van der Waals surface area (Å²) in [5.41, 5.74) is 1.23. The van der Waals surface area contributed by atoms with Gasteiger partial charge in [-0.15, -0.1) is 0 Å². The van der Waals surface area contributed by atoms with Crippen LogP contribution in [0.5, 0.6) is 0 Å². The molecule has 0 bridgehead atoms. The van der Waals surface area contributed by atoms with Crippen molar-refractivity contribution in [2.45, 2.75) is 37.7 Å². The average molecular weight is 453 g/mol. The van der Waals surface area contributed by atoms with Gasteiger partial charge in [0.2, 0.25) is 10.0 Å². The van der Waals surface area contributed by atoms with Gasteiger partial charge in [0.1, 0.15) is 11.5 Å². The number of rotatable bonds is 8. The molecule has 0 unspecified atom stereocenters. The van der Waals surface area contributed by atoms with E-state index in [4.69, 9.17) is 9.47 Å². The van der Waals surface area contributed by atoms with Gasteiger partial charge in [-0.25, -0.2) is 17.6 Å². The second-order valence-corrected chi connectivity index (χ2v) is 9.36. The van der Waals surface area contributed by atoms with Crippen molar-refractivity contribution in [1.82, 2.24) is 9.29 Å². The highest BCUT2D eigenvalue weighted by atomic mass is 32.2. The number of nitrogens with zero attached hydrogens (tertiary/aromatic N) is 1.